The van der Waals surface area contributed by atoms with Gasteiger partial charge in [-0.1, -0.05) is 133 Å². The van der Waals surface area contributed by atoms with Gasteiger partial charge in [0.2, 0.25) is 0 Å². The van der Waals surface area contributed by atoms with Gasteiger partial charge in [0.05, 0.1) is 5.56 Å². The fraction of sp³-hybridized carbons (Fsp3) is 0. The van der Waals surface area contributed by atoms with E-state index in [1.54, 1.807) is 0 Å². The molecule has 0 aliphatic carbocycles. The van der Waals surface area contributed by atoms with Crippen molar-refractivity contribution >= 4 is 65.6 Å². The highest BCUT2D eigenvalue weighted by Gasteiger charge is 2.27. The SMILES string of the molecule is c1ccc(-c2cccc(-c3ccc4c5c(cccc35)-c3cccc(-c5nc(-c6ccc7c(c6)oc6ccc8ccccc8c67)c6oc7ccccc7c6n5)c3O4)c2)cc1. The highest BCUT2D eigenvalue weighted by atomic mass is 16.5. The van der Waals surface area contributed by atoms with E-state index in [2.05, 4.69) is 158 Å². The second kappa shape index (κ2) is 12.2. The van der Waals surface area contributed by atoms with Crippen LogP contribution in [-0.2, 0) is 0 Å². The van der Waals surface area contributed by atoms with E-state index in [0.717, 1.165) is 94.1 Å². The molecule has 9 aromatic carbocycles. The summed E-state index contributed by atoms with van der Waals surface area (Å²) < 4.78 is 20.0. The number of rotatable bonds is 4. The Morgan fingerprint density at radius 3 is 2.08 bits per heavy atom. The van der Waals surface area contributed by atoms with Crippen molar-refractivity contribution in [1.82, 2.24) is 9.97 Å². The van der Waals surface area contributed by atoms with E-state index in [4.69, 9.17) is 23.5 Å². The Balaban J connectivity index is 0.987. The van der Waals surface area contributed by atoms with Crippen molar-refractivity contribution in [2.75, 3.05) is 0 Å². The van der Waals surface area contributed by atoms with E-state index < -0.39 is 0 Å². The van der Waals surface area contributed by atoms with Crippen molar-refractivity contribution in [2.24, 2.45) is 0 Å². The summed E-state index contributed by atoms with van der Waals surface area (Å²) in [6, 6.07) is 63.3. The third kappa shape index (κ3) is 4.79. The molecule has 59 heavy (non-hydrogen) atoms. The van der Waals surface area contributed by atoms with E-state index in [1.807, 2.05) is 24.3 Å². The molecule has 0 N–H and O–H groups in total. The van der Waals surface area contributed by atoms with Gasteiger partial charge in [-0.25, -0.2) is 9.97 Å². The predicted molar refractivity (Wildman–Crippen MR) is 239 cm³/mol. The molecule has 5 nitrogen and oxygen atoms in total. The van der Waals surface area contributed by atoms with Gasteiger partial charge in [-0.15, -0.1) is 0 Å². The van der Waals surface area contributed by atoms with Crippen LogP contribution < -0.4 is 4.74 Å². The minimum atomic E-state index is 0.552. The van der Waals surface area contributed by atoms with Crippen molar-refractivity contribution in [2.45, 2.75) is 0 Å². The van der Waals surface area contributed by atoms with E-state index in [0.29, 0.717) is 17.1 Å². The molecule has 0 fully saturated rings. The quantitative estimate of drug-likeness (QED) is 0.179. The Morgan fingerprint density at radius 2 is 1.14 bits per heavy atom. The first-order valence-corrected chi connectivity index (χ1v) is 19.8. The molecule has 3 aromatic heterocycles. The van der Waals surface area contributed by atoms with Crippen LogP contribution in [0.4, 0.5) is 0 Å². The van der Waals surface area contributed by atoms with Crippen LogP contribution in [0.5, 0.6) is 11.5 Å². The zero-order valence-electron chi connectivity index (χ0n) is 31.4. The molecule has 12 aromatic rings. The molecule has 0 amide bonds. The van der Waals surface area contributed by atoms with Gasteiger partial charge in [-0.2, -0.15) is 0 Å². The number of hydrogen-bond donors (Lipinski definition) is 0. The molecule has 274 valence electrons. The van der Waals surface area contributed by atoms with Crippen molar-refractivity contribution in [1.29, 1.82) is 0 Å². The third-order valence-electron chi connectivity index (χ3n) is 11.9. The Morgan fingerprint density at radius 1 is 0.373 bits per heavy atom. The highest BCUT2D eigenvalue weighted by Crippen LogP contribution is 2.52. The van der Waals surface area contributed by atoms with Crippen molar-refractivity contribution in [3.8, 4) is 67.5 Å². The molecule has 1 aliphatic heterocycles. The first-order chi connectivity index (χ1) is 29.2. The zero-order valence-corrected chi connectivity index (χ0v) is 31.4. The summed E-state index contributed by atoms with van der Waals surface area (Å²) >= 11 is 0. The lowest BCUT2D eigenvalue weighted by Crippen LogP contribution is -2.02. The number of hydrogen-bond acceptors (Lipinski definition) is 5. The van der Waals surface area contributed by atoms with Crippen molar-refractivity contribution < 1.29 is 13.6 Å². The van der Waals surface area contributed by atoms with Crippen LogP contribution >= 0.6 is 0 Å². The molecular formula is C54H30N2O3. The number of aromatic nitrogens is 2. The molecule has 0 atom stereocenters. The van der Waals surface area contributed by atoms with Crippen LogP contribution in [0.1, 0.15) is 0 Å². The molecule has 0 saturated carbocycles. The molecule has 0 bridgehead atoms. The largest absolute Gasteiger partial charge is 0.456 e. The van der Waals surface area contributed by atoms with E-state index in [-0.39, 0.29) is 0 Å². The predicted octanol–water partition coefficient (Wildman–Crippen LogP) is 15.0. The second-order valence-electron chi connectivity index (χ2n) is 15.2. The smallest absolute Gasteiger partial charge is 0.180 e. The van der Waals surface area contributed by atoms with Gasteiger partial charge >= 0.3 is 0 Å². The minimum absolute atomic E-state index is 0.552. The molecule has 13 rings (SSSR count). The fourth-order valence-electron chi connectivity index (χ4n) is 9.18. The van der Waals surface area contributed by atoms with Gasteiger partial charge in [0.25, 0.3) is 0 Å². The molecule has 0 unspecified atom stereocenters. The van der Waals surface area contributed by atoms with Crippen molar-refractivity contribution in [3.05, 3.63) is 182 Å². The molecule has 0 radical (unpaired) electrons. The first kappa shape index (κ1) is 32.1. The molecule has 5 heteroatoms. The maximum Gasteiger partial charge on any atom is 0.180 e. The summed E-state index contributed by atoms with van der Waals surface area (Å²) in [6.07, 6.45) is 0. The summed E-state index contributed by atoms with van der Waals surface area (Å²) in [4.78, 5) is 10.6. The average molecular weight is 755 g/mol. The maximum atomic E-state index is 6.95. The fourth-order valence-corrected chi connectivity index (χ4v) is 9.18. The Labute approximate surface area is 337 Å². The van der Waals surface area contributed by atoms with Gasteiger partial charge in [0.15, 0.2) is 11.4 Å². The van der Waals surface area contributed by atoms with Gasteiger partial charge in [-0.05, 0) is 92.5 Å². The van der Waals surface area contributed by atoms with Gasteiger partial charge in [-0.3, -0.25) is 0 Å². The van der Waals surface area contributed by atoms with Crippen LogP contribution in [0.15, 0.2) is 191 Å². The lowest BCUT2D eigenvalue weighted by Gasteiger charge is -2.24. The second-order valence-corrected chi connectivity index (χ2v) is 15.2. The van der Waals surface area contributed by atoms with Gasteiger partial charge in [0.1, 0.15) is 39.5 Å². The lowest BCUT2D eigenvalue weighted by molar-refractivity contribution is 0.488. The van der Waals surface area contributed by atoms with Gasteiger partial charge in [0, 0.05) is 32.7 Å². The third-order valence-corrected chi connectivity index (χ3v) is 11.9. The molecule has 4 heterocycles. The van der Waals surface area contributed by atoms with Crippen LogP contribution in [0.2, 0.25) is 0 Å². The summed E-state index contributed by atoms with van der Waals surface area (Å²) in [5.74, 6) is 2.08. The van der Waals surface area contributed by atoms with E-state index in [1.165, 1.54) is 21.9 Å². The maximum absolute atomic E-state index is 6.95. The number of furan rings is 2. The van der Waals surface area contributed by atoms with Crippen molar-refractivity contribution in [3.63, 3.8) is 0 Å². The number of nitrogens with zero attached hydrogens (tertiary/aromatic N) is 2. The molecule has 0 saturated heterocycles. The summed E-state index contributed by atoms with van der Waals surface area (Å²) in [5.41, 5.74) is 12.9. The number of fused-ring (bicyclic) bond motifs is 10. The first-order valence-electron chi connectivity index (χ1n) is 19.8. The number of benzene rings is 9. The number of para-hydroxylation sites is 2. The molecule has 0 spiro atoms. The zero-order chi connectivity index (χ0) is 38.6. The normalized spacial score (nSPS) is 12.2. The monoisotopic (exact) mass is 754 g/mol. The van der Waals surface area contributed by atoms with E-state index in [9.17, 15) is 0 Å². The highest BCUT2D eigenvalue weighted by molar-refractivity contribution is 6.19. The van der Waals surface area contributed by atoms with Crippen LogP contribution in [0.3, 0.4) is 0 Å². The number of ether oxygens (including phenoxy) is 1. The standard InChI is InChI=1S/C54H30N2O3/c1-2-11-31(12-3-1)33-14-8-15-34(29-33)36-26-28-46-49-38(36)18-9-19-39(49)40-20-10-21-43(52(40)59-46)54-55-50(53-51(56-54)42-17-6-7-22-44(42)58-53)35-23-25-41-47(30-35)57-45-27-24-32-13-4-5-16-37(32)48(41)45/h1-30H. The van der Waals surface area contributed by atoms with Crippen LogP contribution in [0.25, 0.3) is 122 Å². The van der Waals surface area contributed by atoms with Crippen LogP contribution in [-0.4, -0.2) is 9.97 Å². The topological polar surface area (TPSA) is 61.3 Å². The Bertz CT molecular complexity index is 3710. The summed E-state index contributed by atoms with van der Waals surface area (Å²) in [7, 11) is 0. The van der Waals surface area contributed by atoms with Gasteiger partial charge < -0.3 is 13.6 Å². The Hall–Kier alpha value is -8.02. The molecule has 1 aliphatic rings. The minimum Gasteiger partial charge on any atom is -0.456 e. The molecular weight excluding hydrogens is 725 g/mol. The Kier molecular flexibility index (Phi) is 6.66. The summed E-state index contributed by atoms with van der Waals surface area (Å²) in [5, 5.41) is 7.66. The van der Waals surface area contributed by atoms with E-state index >= 15 is 0 Å². The summed E-state index contributed by atoms with van der Waals surface area (Å²) in [6.45, 7) is 0. The lowest BCUT2D eigenvalue weighted by atomic mass is 9.89. The van der Waals surface area contributed by atoms with Crippen LogP contribution in [0, 0.1) is 0 Å². The average Bonchev–Trinajstić information content (AvgIpc) is 3.87.